The van der Waals surface area contributed by atoms with E-state index in [1.165, 1.54) is 7.11 Å². The number of ether oxygens (including phenoxy) is 3. The minimum Gasteiger partial charge on any atom is -0.366 e. The van der Waals surface area contributed by atoms with E-state index in [1.54, 1.807) is 27.2 Å². The van der Waals surface area contributed by atoms with Crippen LogP contribution in [0, 0.1) is 0 Å². The van der Waals surface area contributed by atoms with Gasteiger partial charge in [0, 0.05) is 20.6 Å². The molecular formula is C11H21N3O4. The standard InChI is InChI=1S/C7H11N3O2.C4H10O2/c1-11-7-3-2-6(12-7)5-4-8-10-9-5;1-4(2,5)6-3/h4,6-7H,2-3H2,1H3,(H,8,9,10);5H,1-3H3/t6-,7+;/m0./s1. The summed E-state index contributed by atoms with van der Waals surface area (Å²) < 4.78 is 15.1. The van der Waals surface area contributed by atoms with Gasteiger partial charge in [0.25, 0.3) is 0 Å². The molecule has 0 bridgehead atoms. The van der Waals surface area contributed by atoms with Gasteiger partial charge >= 0.3 is 0 Å². The molecule has 0 spiro atoms. The molecule has 0 radical (unpaired) electrons. The normalized spacial score (nSPS) is 23.6. The van der Waals surface area contributed by atoms with Gasteiger partial charge in [-0.25, -0.2) is 0 Å². The molecule has 1 aliphatic heterocycles. The molecule has 104 valence electrons. The molecule has 2 N–H and O–H groups in total. The molecule has 1 fully saturated rings. The zero-order chi connectivity index (χ0) is 13.6. The van der Waals surface area contributed by atoms with Crippen LogP contribution in [0.2, 0.25) is 0 Å². The van der Waals surface area contributed by atoms with Crippen LogP contribution in [0.3, 0.4) is 0 Å². The highest BCUT2D eigenvalue weighted by Gasteiger charge is 2.27. The quantitative estimate of drug-likeness (QED) is 0.787. The number of aromatic nitrogens is 3. The molecule has 2 atom stereocenters. The van der Waals surface area contributed by atoms with Crippen molar-refractivity contribution in [1.82, 2.24) is 15.4 Å². The van der Waals surface area contributed by atoms with Gasteiger partial charge in [0.1, 0.15) is 11.8 Å². The van der Waals surface area contributed by atoms with Gasteiger partial charge in [-0.2, -0.15) is 15.4 Å². The Morgan fingerprint density at radius 1 is 1.44 bits per heavy atom. The third kappa shape index (κ3) is 5.09. The van der Waals surface area contributed by atoms with Gasteiger partial charge in [-0.3, -0.25) is 0 Å². The van der Waals surface area contributed by atoms with E-state index >= 15 is 0 Å². The van der Waals surface area contributed by atoms with Crippen LogP contribution in [0.4, 0.5) is 0 Å². The highest BCUT2D eigenvalue weighted by atomic mass is 16.7. The van der Waals surface area contributed by atoms with Gasteiger partial charge in [0.15, 0.2) is 12.1 Å². The van der Waals surface area contributed by atoms with Crippen LogP contribution < -0.4 is 0 Å². The fourth-order valence-corrected chi connectivity index (χ4v) is 1.36. The number of nitrogens with zero attached hydrogens (tertiary/aromatic N) is 2. The molecule has 2 rings (SSSR count). The number of methoxy groups -OCH3 is 2. The fraction of sp³-hybridized carbons (Fsp3) is 0.818. The molecule has 0 amide bonds. The predicted octanol–water partition coefficient (Wildman–Crippen LogP) is 0.990. The lowest BCUT2D eigenvalue weighted by Crippen LogP contribution is -2.20. The maximum Gasteiger partial charge on any atom is 0.159 e. The fourth-order valence-electron chi connectivity index (χ4n) is 1.36. The van der Waals surface area contributed by atoms with Gasteiger partial charge in [0.2, 0.25) is 0 Å². The lowest BCUT2D eigenvalue weighted by Gasteiger charge is -2.12. The van der Waals surface area contributed by atoms with Crippen LogP contribution in [0.15, 0.2) is 6.20 Å². The molecule has 7 heteroatoms. The van der Waals surface area contributed by atoms with Gasteiger partial charge in [-0.05, 0) is 20.3 Å². The van der Waals surface area contributed by atoms with Gasteiger partial charge in [0.05, 0.1) is 6.20 Å². The third-order valence-corrected chi connectivity index (χ3v) is 2.51. The summed E-state index contributed by atoms with van der Waals surface area (Å²) in [6.07, 6.45) is 3.53. The Labute approximate surface area is 106 Å². The predicted molar refractivity (Wildman–Crippen MR) is 63.5 cm³/mol. The average Bonchev–Trinajstić information content (AvgIpc) is 2.99. The van der Waals surface area contributed by atoms with E-state index in [0.717, 1.165) is 18.5 Å². The second-order valence-corrected chi connectivity index (χ2v) is 4.41. The molecule has 1 aromatic heterocycles. The molecule has 18 heavy (non-hydrogen) atoms. The molecule has 0 aliphatic carbocycles. The molecule has 7 nitrogen and oxygen atoms in total. The van der Waals surface area contributed by atoms with Crippen LogP contribution >= 0.6 is 0 Å². The van der Waals surface area contributed by atoms with Crippen molar-refractivity contribution in [2.24, 2.45) is 0 Å². The van der Waals surface area contributed by atoms with Crippen LogP contribution in [-0.4, -0.2) is 46.8 Å². The lowest BCUT2D eigenvalue weighted by atomic mass is 10.2. The molecule has 0 unspecified atom stereocenters. The first-order chi connectivity index (χ1) is 8.46. The first-order valence-corrected chi connectivity index (χ1v) is 5.77. The van der Waals surface area contributed by atoms with Crippen molar-refractivity contribution in [3.8, 4) is 0 Å². The van der Waals surface area contributed by atoms with Crippen LogP contribution in [0.25, 0.3) is 0 Å². The van der Waals surface area contributed by atoms with Gasteiger partial charge in [-0.15, -0.1) is 0 Å². The topological polar surface area (TPSA) is 89.5 Å². The SMILES string of the molecule is COC(C)(C)O.CO[C@H]1CC[C@@H](c2cn[nH]n2)O1. The third-order valence-electron chi connectivity index (χ3n) is 2.51. The highest BCUT2D eigenvalue weighted by molar-refractivity contribution is 4.98. The second-order valence-electron chi connectivity index (χ2n) is 4.41. The summed E-state index contributed by atoms with van der Waals surface area (Å²) in [7, 11) is 3.11. The zero-order valence-corrected chi connectivity index (χ0v) is 11.2. The Kier molecular flexibility index (Phi) is 5.67. The largest absolute Gasteiger partial charge is 0.366 e. The van der Waals surface area contributed by atoms with Crippen LogP contribution in [0.5, 0.6) is 0 Å². The van der Waals surface area contributed by atoms with E-state index in [1.807, 2.05) is 0 Å². The Balaban J connectivity index is 0.000000232. The summed E-state index contributed by atoms with van der Waals surface area (Å²) >= 11 is 0. The molecule has 0 aromatic carbocycles. The monoisotopic (exact) mass is 259 g/mol. The molecule has 1 aromatic rings. The van der Waals surface area contributed by atoms with E-state index < -0.39 is 5.79 Å². The molecule has 1 saturated heterocycles. The minimum absolute atomic E-state index is 0.0497. The molecule has 2 heterocycles. The number of aliphatic hydroxyl groups is 1. The summed E-state index contributed by atoms with van der Waals surface area (Å²) in [5.41, 5.74) is 0.856. The summed E-state index contributed by atoms with van der Waals surface area (Å²) in [6.45, 7) is 3.15. The van der Waals surface area contributed by atoms with Gasteiger partial charge in [-0.1, -0.05) is 0 Å². The Morgan fingerprint density at radius 2 is 2.11 bits per heavy atom. The van der Waals surface area contributed by atoms with Crippen molar-refractivity contribution >= 4 is 0 Å². The van der Waals surface area contributed by atoms with E-state index in [4.69, 9.17) is 14.6 Å². The smallest absolute Gasteiger partial charge is 0.159 e. The maximum atomic E-state index is 8.60. The number of hydrogen-bond donors (Lipinski definition) is 2. The zero-order valence-electron chi connectivity index (χ0n) is 11.2. The van der Waals surface area contributed by atoms with Crippen molar-refractivity contribution in [2.45, 2.75) is 44.9 Å². The average molecular weight is 259 g/mol. The summed E-state index contributed by atoms with van der Waals surface area (Å²) in [5, 5.41) is 18.8. The van der Waals surface area contributed by atoms with Crippen LogP contribution in [0.1, 0.15) is 38.5 Å². The summed E-state index contributed by atoms with van der Waals surface area (Å²) in [4.78, 5) is 0. The van der Waals surface area contributed by atoms with Crippen molar-refractivity contribution in [2.75, 3.05) is 14.2 Å². The first-order valence-electron chi connectivity index (χ1n) is 5.77. The van der Waals surface area contributed by atoms with E-state index in [0.29, 0.717) is 0 Å². The second kappa shape index (κ2) is 6.79. The van der Waals surface area contributed by atoms with Crippen molar-refractivity contribution in [1.29, 1.82) is 0 Å². The Morgan fingerprint density at radius 3 is 2.50 bits per heavy atom. The number of hydrogen-bond acceptors (Lipinski definition) is 6. The summed E-state index contributed by atoms with van der Waals surface area (Å²) in [5.74, 6) is -0.958. The molecule has 1 aliphatic rings. The number of rotatable bonds is 3. The van der Waals surface area contributed by atoms with E-state index in [2.05, 4.69) is 20.1 Å². The number of aromatic amines is 1. The Hall–Kier alpha value is -1.02. The Bertz CT molecular complexity index is 324. The molecular weight excluding hydrogens is 238 g/mol. The van der Waals surface area contributed by atoms with Gasteiger partial charge < -0.3 is 19.3 Å². The first kappa shape index (κ1) is 15.0. The number of H-pyrrole nitrogens is 1. The number of nitrogens with one attached hydrogen (secondary N) is 1. The van der Waals surface area contributed by atoms with Crippen molar-refractivity contribution < 1.29 is 19.3 Å². The lowest BCUT2D eigenvalue weighted by molar-refractivity contribution is -0.155. The van der Waals surface area contributed by atoms with Crippen molar-refractivity contribution in [3.05, 3.63) is 11.9 Å². The van der Waals surface area contributed by atoms with Crippen molar-refractivity contribution in [3.63, 3.8) is 0 Å². The van der Waals surface area contributed by atoms with E-state index in [9.17, 15) is 0 Å². The molecule has 0 saturated carbocycles. The van der Waals surface area contributed by atoms with E-state index in [-0.39, 0.29) is 12.4 Å². The van der Waals surface area contributed by atoms with Crippen LogP contribution in [-0.2, 0) is 14.2 Å². The minimum atomic E-state index is -0.958. The highest BCUT2D eigenvalue weighted by Crippen LogP contribution is 2.30. The summed E-state index contributed by atoms with van der Waals surface area (Å²) in [6, 6.07) is 0. The maximum absolute atomic E-state index is 8.60.